The highest BCUT2D eigenvalue weighted by molar-refractivity contribution is 7.90. The summed E-state index contributed by atoms with van der Waals surface area (Å²) >= 11 is 18.7. The Hall–Kier alpha value is -4.41. The van der Waals surface area contributed by atoms with Crippen molar-refractivity contribution in [3.05, 3.63) is 146 Å². The molecule has 0 atom stereocenters. The van der Waals surface area contributed by atoms with E-state index < -0.39 is 44.5 Å². The monoisotopic (exact) mass is 736 g/mol. The lowest BCUT2D eigenvalue weighted by molar-refractivity contribution is 0.0964. The average molecular weight is 738 g/mol. The van der Waals surface area contributed by atoms with Crippen molar-refractivity contribution in [1.82, 2.24) is 9.55 Å². The molecule has 0 bridgehead atoms. The summed E-state index contributed by atoms with van der Waals surface area (Å²) in [7, 11) is -3.73. The van der Waals surface area contributed by atoms with Crippen LogP contribution in [0.1, 0.15) is 45.2 Å². The van der Waals surface area contributed by atoms with Gasteiger partial charge < -0.3 is 0 Å². The number of fused-ring (bicyclic) bond motifs is 1. The molecule has 0 spiro atoms. The molecular weight excluding hydrogens is 713 g/mol. The molecule has 0 aliphatic carbocycles. The molecule has 6 aromatic rings. The molecule has 4 aromatic carbocycles. The zero-order valence-corrected chi connectivity index (χ0v) is 28.8. The summed E-state index contributed by atoms with van der Waals surface area (Å²) in [4.78, 5) is 32.4. The van der Waals surface area contributed by atoms with Crippen LogP contribution in [0.2, 0.25) is 15.1 Å². The summed E-state index contributed by atoms with van der Waals surface area (Å²) in [6, 6.07) is 22.8. The lowest BCUT2D eigenvalue weighted by Crippen LogP contribution is -2.14. The van der Waals surface area contributed by atoms with E-state index >= 15 is 8.78 Å². The number of aromatic nitrogens is 2. The molecule has 2 aromatic heterocycles. The molecular formula is C37H25Cl3F2N2O4S. The van der Waals surface area contributed by atoms with Gasteiger partial charge in [0.25, 0.3) is 5.91 Å². The summed E-state index contributed by atoms with van der Waals surface area (Å²) in [5, 5.41) is 0.814. The maximum absolute atomic E-state index is 15.9. The third-order valence-electron chi connectivity index (χ3n) is 7.97. The van der Waals surface area contributed by atoms with Gasteiger partial charge in [0, 0.05) is 33.9 Å². The van der Waals surface area contributed by atoms with Gasteiger partial charge in [-0.3, -0.25) is 14.2 Å². The zero-order valence-electron chi connectivity index (χ0n) is 25.7. The van der Waals surface area contributed by atoms with Crippen LogP contribution in [0.5, 0.6) is 0 Å². The van der Waals surface area contributed by atoms with Crippen LogP contribution in [-0.4, -0.2) is 35.4 Å². The molecule has 0 saturated heterocycles. The highest BCUT2D eigenvalue weighted by Crippen LogP contribution is 2.33. The number of hydrogen-bond acceptors (Lipinski definition) is 5. The number of benzene rings is 4. The Labute approximate surface area is 295 Å². The van der Waals surface area contributed by atoms with Crippen LogP contribution in [0.3, 0.4) is 0 Å². The number of ketones is 1. The highest BCUT2D eigenvalue weighted by Gasteiger charge is 2.29. The van der Waals surface area contributed by atoms with Crippen molar-refractivity contribution < 1.29 is 26.8 Å². The van der Waals surface area contributed by atoms with Crippen molar-refractivity contribution >= 4 is 67.4 Å². The van der Waals surface area contributed by atoms with Crippen LogP contribution in [0.4, 0.5) is 8.78 Å². The van der Waals surface area contributed by atoms with Crippen LogP contribution in [0, 0.1) is 11.6 Å². The van der Waals surface area contributed by atoms with Gasteiger partial charge in [-0.2, -0.15) is 0 Å². The van der Waals surface area contributed by atoms with Gasteiger partial charge in [0.05, 0.1) is 38.2 Å². The molecule has 0 saturated carbocycles. The van der Waals surface area contributed by atoms with Crippen molar-refractivity contribution in [2.75, 3.05) is 5.75 Å². The van der Waals surface area contributed by atoms with Crippen molar-refractivity contribution in [3.63, 3.8) is 0 Å². The number of sulfone groups is 1. The standard InChI is InChI=1S/C37H25Cl3F2N2O4S/c1-2-16-49(47,48)20-24-12-15-31(41)33(34(24)42)35(45)28-19-44(37(46)32-29(39)4-3-5-30(32)40)36-27(28)17-25(18-43-36)23-8-6-21(7-9-23)22-10-13-26(38)14-11-22/h3-15,17-19H,2,16,20H2,1H3. The van der Waals surface area contributed by atoms with E-state index in [1.807, 2.05) is 36.4 Å². The van der Waals surface area contributed by atoms with Gasteiger partial charge in [0.15, 0.2) is 9.84 Å². The Morgan fingerprint density at radius 1 is 0.796 bits per heavy atom. The quantitative estimate of drug-likeness (QED) is 0.138. The Bertz CT molecular complexity index is 2360. The lowest BCUT2D eigenvalue weighted by Gasteiger charge is -2.10. The van der Waals surface area contributed by atoms with Gasteiger partial charge in [0.1, 0.15) is 17.3 Å². The van der Waals surface area contributed by atoms with Crippen molar-refractivity contribution in [1.29, 1.82) is 0 Å². The fourth-order valence-corrected chi connectivity index (χ4v) is 7.74. The Morgan fingerprint density at radius 3 is 2.00 bits per heavy atom. The lowest BCUT2D eigenvalue weighted by atomic mass is 9.98. The first-order valence-electron chi connectivity index (χ1n) is 15.0. The third kappa shape index (κ3) is 6.89. The molecule has 0 amide bonds. The molecule has 0 aliphatic rings. The van der Waals surface area contributed by atoms with E-state index in [-0.39, 0.29) is 43.5 Å². The van der Waals surface area contributed by atoms with Crippen LogP contribution < -0.4 is 0 Å². The Kier molecular flexibility index (Phi) is 9.73. The SMILES string of the molecule is CCCS(=O)(=O)Cc1ccc(F)c(C(=O)c2cn(C(=O)c3c(Cl)cccc3Cl)c3ncc(-c4ccc(-c5ccc(Cl)cc5)cc4)cc23)c1F. The molecule has 12 heteroatoms. The molecule has 0 unspecified atom stereocenters. The molecule has 2 heterocycles. The fraction of sp³-hybridized carbons (Fsp3) is 0.108. The third-order valence-corrected chi connectivity index (χ3v) is 10.6. The summed E-state index contributed by atoms with van der Waals surface area (Å²) in [6.45, 7) is 1.66. The maximum Gasteiger partial charge on any atom is 0.266 e. The summed E-state index contributed by atoms with van der Waals surface area (Å²) < 4.78 is 57.2. The minimum absolute atomic E-state index is 0.00775. The minimum Gasteiger partial charge on any atom is -0.288 e. The molecule has 0 radical (unpaired) electrons. The summed E-state index contributed by atoms with van der Waals surface area (Å²) in [5.74, 6) is -5.25. The second-order valence-corrected chi connectivity index (χ2v) is 14.7. The molecule has 248 valence electrons. The highest BCUT2D eigenvalue weighted by atomic mass is 35.5. The largest absolute Gasteiger partial charge is 0.288 e. The summed E-state index contributed by atoms with van der Waals surface area (Å²) in [5.41, 5.74) is 1.52. The number of hydrogen-bond donors (Lipinski definition) is 0. The van der Waals surface area contributed by atoms with Gasteiger partial charge in [-0.25, -0.2) is 22.2 Å². The van der Waals surface area contributed by atoms with Crippen LogP contribution in [-0.2, 0) is 15.6 Å². The van der Waals surface area contributed by atoms with Crippen molar-refractivity contribution in [2.45, 2.75) is 19.1 Å². The van der Waals surface area contributed by atoms with E-state index in [2.05, 4.69) is 4.98 Å². The van der Waals surface area contributed by atoms with Crippen molar-refractivity contribution in [3.8, 4) is 22.3 Å². The first kappa shape index (κ1) is 34.5. The second-order valence-electron chi connectivity index (χ2n) is 11.3. The number of halogens is 5. The first-order chi connectivity index (χ1) is 23.4. The topological polar surface area (TPSA) is 86.1 Å². The van der Waals surface area contributed by atoms with E-state index in [0.717, 1.165) is 34.0 Å². The van der Waals surface area contributed by atoms with Crippen LogP contribution in [0.25, 0.3) is 33.3 Å². The van der Waals surface area contributed by atoms with Gasteiger partial charge in [-0.1, -0.05) is 90.3 Å². The van der Waals surface area contributed by atoms with Crippen LogP contribution >= 0.6 is 34.8 Å². The zero-order chi connectivity index (χ0) is 35.0. The number of pyridine rings is 1. The molecule has 6 nitrogen and oxygen atoms in total. The normalized spacial score (nSPS) is 11.6. The van der Waals surface area contributed by atoms with E-state index in [9.17, 15) is 18.0 Å². The van der Waals surface area contributed by atoms with Crippen LogP contribution in [0.15, 0.2) is 97.3 Å². The number of carbonyl (C=O) groups is 2. The second kappa shape index (κ2) is 13.8. The Morgan fingerprint density at radius 2 is 1.39 bits per heavy atom. The van der Waals surface area contributed by atoms with Crippen molar-refractivity contribution in [2.24, 2.45) is 0 Å². The summed E-state index contributed by atoms with van der Waals surface area (Å²) in [6.07, 6.45) is 2.94. The van der Waals surface area contributed by atoms with Gasteiger partial charge in [-0.15, -0.1) is 0 Å². The van der Waals surface area contributed by atoms with Gasteiger partial charge in [-0.05, 0) is 59.5 Å². The van der Waals surface area contributed by atoms with E-state index in [0.29, 0.717) is 22.6 Å². The number of rotatable bonds is 9. The van der Waals surface area contributed by atoms with Gasteiger partial charge in [0.2, 0.25) is 5.78 Å². The molecule has 0 aliphatic heterocycles. The first-order valence-corrected chi connectivity index (χ1v) is 17.9. The predicted octanol–water partition coefficient (Wildman–Crippen LogP) is 9.85. The smallest absolute Gasteiger partial charge is 0.266 e. The number of carbonyl (C=O) groups excluding carboxylic acids is 2. The number of nitrogens with zero attached hydrogens (tertiary/aromatic N) is 2. The fourth-order valence-electron chi connectivity index (χ4n) is 5.59. The molecule has 6 rings (SSSR count). The maximum atomic E-state index is 15.9. The molecule has 49 heavy (non-hydrogen) atoms. The Balaban J connectivity index is 1.50. The molecule has 0 N–H and O–H groups in total. The van der Waals surface area contributed by atoms with E-state index in [1.165, 1.54) is 18.3 Å². The van der Waals surface area contributed by atoms with Gasteiger partial charge >= 0.3 is 0 Å². The average Bonchev–Trinajstić information content (AvgIpc) is 3.45. The van der Waals surface area contributed by atoms with E-state index in [4.69, 9.17) is 34.8 Å². The molecule has 0 fully saturated rings. The predicted molar refractivity (Wildman–Crippen MR) is 189 cm³/mol. The van der Waals surface area contributed by atoms with E-state index in [1.54, 1.807) is 31.2 Å². The minimum atomic E-state index is -3.73.